The number of aryl methyl sites for hydroxylation is 2. The molecule has 120 valence electrons. The molecule has 0 aliphatic rings. The van der Waals surface area contributed by atoms with Crippen molar-refractivity contribution in [3.05, 3.63) is 53.2 Å². The Balaban J connectivity index is 1.91. The smallest absolute Gasteiger partial charge is 0.271 e. The van der Waals surface area contributed by atoms with Gasteiger partial charge in [0.25, 0.3) is 10.0 Å². The molecule has 2 heterocycles. The topological polar surface area (TPSA) is 72.2 Å². The first-order valence-corrected chi connectivity index (χ1v) is 9.29. The number of anilines is 1. The maximum atomic E-state index is 12.5. The fourth-order valence-corrected chi connectivity index (χ4v) is 4.54. The van der Waals surface area contributed by atoms with Crippen LogP contribution in [0.25, 0.3) is 10.6 Å². The van der Waals surface area contributed by atoms with Crippen LogP contribution in [-0.2, 0) is 10.0 Å². The number of thiophene rings is 1. The van der Waals surface area contributed by atoms with Crippen molar-refractivity contribution < 1.29 is 12.9 Å². The minimum atomic E-state index is -3.62. The molecule has 2 aromatic heterocycles. The van der Waals surface area contributed by atoms with E-state index in [9.17, 15) is 8.42 Å². The lowest BCUT2D eigenvalue weighted by atomic mass is 10.2. The largest absolute Gasteiger partial charge is 0.355 e. The minimum absolute atomic E-state index is 0.238. The van der Waals surface area contributed by atoms with Crippen molar-refractivity contribution in [2.75, 3.05) is 4.72 Å². The highest BCUT2D eigenvalue weighted by molar-refractivity contribution is 7.94. The van der Waals surface area contributed by atoms with E-state index in [0.717, 1.165) is 33.0 Å². The number of hydrogen-bond acceptors (Lipinski definition) is 5. The standard InChI is InChI=1S/C16H16N2O3S2/c1-10-5-4-6-13(9-10)18-23(19,20)15-8-7-14(22-15)16-11(2)12(3)17-21-16/h4-9,18H,1-3H3. The molecule has 0 fully saturated rings. The van der Waals surface area contributed by atoms with Crippen LogP contribution in [0.2, 0.25) is 0 Å². The van der Waals surface area contributed by atoms with Gasteiger partial charge in [-0.15, -0.1) is 11.3 Å². The number of nitrogens with zero attached hydrogens (tertiary/aromatic N) is 1. The molecule has 0 saturated heterocycles. The van der Waals surface area contributed by atoms with Gasteiger partial charge >= 0.3 is 0 Å². The van der Waals surface area contributed by atoms with Crippen LogP contribution in [0, 0.1) is 20.8 Å². The minimum Gasteiger partial charge on any atom is -0.355 e. The SMILES string of the molecule is Cc1cccc(NS(=O)(=O)c2ccc(-c3onc(C)c3C)s2)c1. The summed E-state index contributed by atoms with van der Waals surface area (Å²) in [5.74, 6) is 0.615. The molecule has 0 saturated carbocycles. The molecule has 3 aromatic rings. The quantitative estimate of drug-likeness (QED) is 0.769. The normalized spacial score (nSPS) is 11.6. The van der Waals surface area contributed by atoms with Crippen LogP contribution in [0.5, 0.6) is 0 Å². The number of nitrogens with one attached hydrogen (secondary N) is 1. The third-order valence-corrected chi connectivity index (χ3v) is 6.45. The molecule has 23 heavy (non-hydrogen) atoms. The van der Waals surface area contributed by atoms with E-state index in [-0.39, 0.29) is 4.21 Å². The van der Waals surface area contributed by atoms with Crippen LogP contribution in [-0.4, -0.2) is 13.6 Å². The van der Waals surface area contributed by atoms with Crippen LogP contribution in [0.4, 0.5) is 5.69 Å². The molecule has 0 unspecified atom stereocenters. The van der Waals surface area contributed by atoms with Gasteiger partial charge in [-0.2, -0.15) is 0 Å². The third kappa shape index (κ3) is 3.16. The molecule has 0 radical (unpaired) electrons. The van der Waals surface area contributed by atoms with Crippen molar-refractivity contribution in [1.82, 2.24) is 5.16 Å². The van der Waals surface area contributed by atoms with Gasteiger partial charge in [0.15, 0.2) is 5.76 Å². The first kappa shape index (κ1) is 15.8. The Bertz CT molecular complexity index is 955. The van der Waals surface area contributed by atoms with E-state index >= 15 is 0 Å². The van der Waals surface area contributed by atoms with Crippen molar-refractivity contribution in [2.45, 2.75) is 25.0 Å². The number of hydrogen-bond donors (Lipinski definition) is 1. The summed E-state index contributed by atoms with van der Waals surface area (Å²) in [6.07, 6.45) is 0. The van der Waals surface area contributed by atoms with Gasteiger partial charge in [0.05, 0.1) is 10.6 Å². The molecule has 0 atom stereocenters. The Morgan fingerprint density at radius 3 is 2.57 bits per heavy atom. The molecule has 0 aliphatic carbocycles. The Labute approximate surface area is 139 Å². The molecule has 0 aliphatic heterocycles. The third-order valence-electron chi connectivity index (χ3n) is 3.50. The van der Waals surface area contributed by atoms with Gasteiger partial charge in [-0.05, 0) is 50.6 Å². The Kier molecular flexibility index (Phi) is 3.99. The fourth-order valence-electron chi connectivity index (χ4n) is 2.15. The number of sulfonamides is 1. The second kappa shape index (κ2) is 5.82. The highest BCUT2D eigenvalue weighted by Crippen LogP contribution is 2.34. The van der Waals surface area contributed by atoms with Crippen LogP contribution in [0.15, 0.2) is 45.1 Å². The maximum Gasteiger partial charge on any atom is 0.271 e. The van der Waals surface area contributed by atoms with Crippen molar-refractivity contribution >= 4 is 27.0 Å². The van der Waals surface area contributed by atoms with Crippen LogP contribution in [0.1, 0.15) is 16.8 Å². The zero-order valence-corrected chi connectivity index (χ0v) is 14.6. The van der Waals surface area contributed by atoms with E-state index in [1.807, 2.05) is 32.9 Å². The molecule has 1 aromatic carbocycles. The Morgan fingerprint density at radius 1 is 1.13 bits per heavy atom. The van der Waals surface area contributed by atoms with Crippen molar-refractivity contribution in [3.63, 3.8) is 0 Å². The molecule has 0 amide bonds. The van der Waals surface area contributed by atoms with Gasteiger partial charge in [-0.1, -0.05) is 17.3 Å². The average molecular weight is 348 g/mol. The molecule has 7 heteroatoms. The number of aromatic nitrogens is 1. The Hall–Kier alpha value is -2.12. The predicted molar refractivity (Wildman–Crippen MR) is 91.3 cm³/mol. The lowest BCUT2D eigenvalue weighted by Gasteiger charge is -2.06. The summed E-state index contributed by atoms with van der Waals surface area (Å²) in [6.45, 7) is 5.67. The van der Waals surface area contributed by atoms with Crippen molar-refractivity contribution in [1.29, 1.82) is 0 Å². The monoisotopic (exact) mass is 348 g/mol. The second-order valence-electron chi connectivity index (χ2n) is 5.32. The summed E-state index contributed by atoms with van der Waals surface area (Å²) in [4.78, 5) is 0.743. The van der Waals surface area contributed by atoms with Gasteiger partial charge in [0.1, 0.15) is 4.21 Å². The molecule has 3 rings (SSSR count). The van der Waals surface area contributed by atoms with E-state index in [2.05, 4.69) is 9.88 Å². The van der Waals surface area contributed by atoms with Gasteiger partial charge in [0.2, 0.25) is 0 Å². The highest BCUT2D eigenvalue weighted by atomic mass is 32.2. The van der Waals surface area contributed by atoms with Crippen LogP contribution in [0.3, 0.4) is 0 Å². The van der Waals surface area contributed by atoms with Crippen LogP contribution >= 0.6 is 11.3 Å². The maximum absolute atomic E-state index is 12.5. The molecule has 0 spiro atoms. The summed E-state index contributed by atoms with van der Waals surface area (Å²) < 4.78 is 33.1. The molecule has 1 N–H and O–H groups in total. The van der Waals surface area contributed by atoms with Crippen LogP contribution < -0.4 is 4.72 Å². The first-order chi connectivity index (χ1) is 10.9. The van der Waals surface area contributed by atoms with Crippen molar-refractivity contribution in [3.8, 4) is 10.6 Å². The average Bonchev–Trinajstić information content (AvgIpc) is 3.07. The number of benzene rings is 1. The van der Waals surface area contributed by atoms with E-state index in [0.29, 0.717) is 11.4 Å². The molecular weight excluding hydrogens is 332 g/mol. The zero-order valence-electron chi connectivity index (χ0n) is 13.0. The second-order valence-corrected chi connectivity index (χ2v) is 8.31. The zero-order chi connectivity index (χ0) is 16.6. The lowest BCUT2D eigenvalue weighted by Crippen LogP contribution is -2.11. The Morgan fingerprint density at radius 2 is 1.91 bits per heavy atom. The first-order valence-electron chi connectivity index (χ1n) is 6.99. The van der Waals surface area contributed by atoms with Gasteiger partial charge in [0, 0.05) is 11.3 Å². The summed E-state index contributed by atoms with van der Waals surface area (Å²) in [6, 6.07) is 10.6. The van der Waals surface area contributed by atoms with E-state index < -0.39 is 10.0 Å². The molecular formula is C16H16N2O3S2. The summed E-state index contributed by atoms with van der Waals surface area (Å²) in [5, 5.41) is 3.91. The molecule has 5 nitrogen and oxygen atoms in total. The van der Waals surface area contributed by atoms with Gasteiger partial charge in [-0.25, -0.2) is 8.42 Å². The summed E-state index contributed by atoms with van der Waals surface area (Å²) in [5.41, 5.74) is 3.26. The lowest BCUT2D eigenvalue weighted by molar-refractivity contribution is 0.427. The predicted octanol–water partition coefficient (Wildman–Crippen LogP) is 4.13. The summed E-state index contributed by atoms with van der Waals surface area (Å²) in [7, 11) is -3.62. The highest BCUT2D eigenvalue weighted by Gasteiger charge is 2.20. The fraction of sp³-hybridized carbons (Fsp3) is 0.188. The van der Waals surface area contributed by atoms with E-state index in [1.54, 1.807) is 24.3 Å². The van der Waals surface area contributed by atoms with Crippen molar-refractivity contribution in [2.24, 2.45) is 0 Å². The van der Waals surface area contributed by atoms with E-state index in [4.69, 9.17) is 4.52 Å². The molecule has 0 bridgehead atoms. The van der Waals surface area contributed by atoms with Gasteiger partial charge in [-0.3, -0.25) is 4.72 Å². The van der Waals surface area contributed by atoms with E-state index in [1.165, 1.54) is 0 Å². The van der Waals surface area contributed by atoms with Gasteiger partial charge < -0.3 is 4.52 Å². The summed E-state index contributed by atoms with van der Waals surface area (Å²) >= 11 is 1.16. The number of rotatable bonds is 4.